The van der Waals surface area contributed by atoms with E-state index in [2.05, 4.69) is 17.3 Å². The molecule has 2 atom stereocenters. The van der Waals surface area contributed by atoms with Gasteiger partial charge in [-0.3, -0.25) is 4.79 Å². The van der Waals surface area contributed by atoms with E-state index < -0.39 is 5.54 Å². The minimum Gasteiger partial charge on any atom is -0.374 e. The van der Waals surface area contributed by atoms with Crippen LogP contribution in [0.5, 0.6) is 0 Å². The standard InChI is InChI=1S/C12H25N3O2.ClH/c1-4-5-12(2,13)11(16)14-8-10-9-15(3)6-7-17-10;/h10H,4-9,13H2,1-3H3,(H,14,16);1H. The third kappa shape index (κ3) is 5.52. The highest BCUT2D eigenvalue weighted by atomic mass is 35.5. The predicted octanol–water partition coefficient (Wildman–Crippen LogP) is 0.373. The van der Waals surface area contributed by atoms with E-state index >= 15 is 0 Å². The summed E-state index contributed by atoms with van der Waals surface area (Å²) in [5, 5.41) is 2.88. The topological polar surface area (TPSA) is 67.6 Å². The van der Waals surface area contributed by atoms with Gasteiger partial charge in [0.15, 0.2) is 0 Å². The maximum Gasteiger partial charge on any atom is 0.239 e. The minimum absolute atomic E-state index is 0. The molecule has 0 bridgehead atoms. The molecule has 3 N–H and O–H groups in total. The molecule has 1 heterocycles. The van der Waals surface area contributed by atoms with E-state index in [0.29, 0.717) is 13.0 Å². The van der Waals surface area contributed by atoms with E-state index in [0.717, 1.165) is 26.1 Å². The molecule has 0 aromatic heterocycles. The Labute approximate surface area is 116 Å². The molecule has 0 aliphatic carbocycles. The third-order valence-electron chi connectivity index (χ3n) is 3.12. The van der Waals surface area contributed by atoms with Gasteiger partial charge in [0.2, 0.25) is 5.91 Å². The van der Waals surface area contributed by atoms with Gasteiger partial charge in [0.1, 0.15) is 0 Å². The number of nitrogens with one attached hydrogen (secondary N) is 1. The smallest absolute Gasteiger partial charge is 0.239 e. The molecule has 2 unspecified atom stereocenters. The number of halogens is 1. The summed E-state index contributed by atoms with van der Waals surface area (Å²) in [6.07, 6.45) is 1.68. The number of rotatable bonds is 5. The van der Waals surface area contributed by atoms with Gasteiger partial charge in [-0.1, -0.05) is 13.3 Å². The van der Waals surface area contributed by atoms with Crippen LogP contribution in [-0.2, 0) is 9.53 Å². The zero-order valence-corrected chi connectivity index (χ0v) is 12.4. The second kappa shape index (κ2) is 7.94. The van der Waals surface area contributed by atoms with Crippen LogP contribution >= 0.6 is 12.4 Å². The molecule has 1 rings (SSSR count). The zero-order chi connectivity index (χ0) is 12.9. The van der Waals surface area contributed by atoms with Gasteiger partial charge < -0.3 is 20.7 Å². The Kier molecular flexibility index (Phi) is 7.78. The lowest BCUT2D eigenvalue weighted by molar-refractivity contribution is -0.127. The van der Waals surface area contributed by atoms with Crippen LogP contribution in [0.25, 0.3) is 0 Å². The summed E-state index contributed by atoms with van der Waals surface area (Å²) in [5.74, 6) is -0.0869. The van der Waals surface area contributed by atoms with E-state index in [1.807, 2.05) is 6.92 Å². The fourth-order valence-corrected chi connectivity index (χ4v) is 2.03. The van der Waals surface area contributed by atoms with Crippen molar-refractivity contribution in [3.63, 3.8) is 0 Å². The summed E-state index contributed by atoms with van der Waals surface area (Å²) >= 11 is 0. The molecule has 1 saturated heterocycles. The first-order chi connectivity index (χ1) is 7.95. The van der Waals surface area contributed by atoms with Gasteiger partial charge in [-0.25, -0.2) is 0 Å². The SMILES string of the molecule is CCCC(C)(N)C(=O)NCC1CN(C)CCO1.Cl. The summed E-state index contributed by atoms with van der Waals surface area (Å²) in [4.78, 5) is 14.1. The van der Waals surface area contributed by atoms with Crippen molar-refractivity contribution < 1.29 is 9.53 Å². The molecular weight excluding hydrogens is 254 g/mol. The first kappa shape index (κ1) is 17.6. The Morgan fingerprint density at radius 2 is 2.28 bits per heavy atom. The number of hydrogen-bond acceptors (Lipinski definition) is 4. The lowest BCUT2D eigenvalue weighted by Gasteiger charge is -2.31. The summed E-state index contributed by atoms with van der Waals surface area (Å²) in [6.45, 7) is 6.88. The number of nitrogens with zero attached hydrogens (tertiary/aromatic N) is 1. The second-order valence-electron chi connectivity index (χ2n) is 5.13. The Morgan fingerprint density at radius 3 is 2.83 bits per heavy atom. The molecule has 1 amide bonds. The van der Waals surface area contributed by atoms with Gasteiger partial charge in [0, 0.05) is 19.6 Å². The summed E-state index contributed by atoms with van der Waals surface area (Å²) in [7, 11) is 2.06. The van der Waals surface area contributed by atoms with Crippen LogP contribution in [0.4, 0.5) is 0 Å². The quantitative estimate of drug-likeness (QED) is 0.763. The number of hydrogen-bond donors (Lipinski definition) is 2. The normalized spacial score (nSPS) is 23.9. The van der Waals surface area contributed by atoms with E-state index in [1.54, 1.807) is 6.92 Å². The highest BCUT2D eigenvalue weighted by Crippen LogP contribution is 2.09. The monoisotopic (exact) mass is 279 g/mol. The van der Waals surface area contributed by atoms with E-state index in [1.165, 1.54) is 0 Å². The number of amides is 1. The molecule has 1 fully saturated rings. The number of morpholine rings is 1. The fourth-order valence-electron chi connectivity index (χ4n) is 2.03. The van der Waals surface area contributed by atoms with Crippen molar-refractivity contribution in [2.75, 3.05) is 33.3 Å². The number of nitrogens with two attached hydrogens (primary N) is 1. The minimum atomic E-state index is -0.769. The molecule has 1 aliphatic rings. The van der Waals surface area contributed by atoms with Crippen molar-refractivity contribution in [3.8, 4) is 0 Å². The highest BCUT2D eigenvalue weighted by Gasteiger charge is 2.28. The highest BCUT2D eigenvalue weighted by molar-refractivity contribution is 5.85. The molecule has 108 valence electrons. The lowest BCUT2D eigenvalue weighted by Crippen LogP contribution is -2.54. The van der Waals surface area contributed by atoms with E-state index in [9.17, 15) is 4.79 Å². The van der Waals surface area contributed by atoms with Crippen molar-refractivity contribution in [1.29, 1.82) is 0 Å². The molecule has 5 nitrogen and oxygen atoms in total. The molecule has 0 saturated carbocycles. The zero-order valence-electron chi connectivity index (χ0n) is 11.6. The van der Waals surface area contributed by atoms with Gasteiger partial charge in [-0.05, 0) is 20.4 Å². The fraction of sp³-hybridized carbons (Fsp3) is 0.917. The van der Waals surface area contributed by atoms with Crippen molar-refractivity contribution in [2.45, 2.75) is 38.3 Å². The third-order valence-corrected chi connectivity index (χ3v) is 3.12. The van der Waals surface area contributed by atoms with Gasteiger partial charge in [0.05, 0.1) is 18.2 Å². The first-order valence-electron chi connectivity index (χ1n) is 6.33. The Morgan fingerprint density at radius 1 is 1.61 bits per heavy atom. The summed E-state index contributed by atoms with van der Waals surface area (Å²) in [5.41, 5.74) is 5.18. The molecule has 0 spiro atoms. The summed E-state index contributed by atoms with van der Waals surface area (Å²) in [6, 6.07) is 0. The van der Waals surface area contributed by atoms with Gasteiger partial charge >= 0.3 is 0 Å². The maximum atomic E-state index is 11.9. The Hall–Kier alpha value is -0.360. The van der Waals surface area contributed by atoms with Gasteiger partial charge in [-0.2, -0.15) is 0 Å². The molecule has 0 aromatic rings. The van der Waals surface area contributed by atoms with Crippen LogP contribution in [0, 0.1) is 0 Å². The van der Waals surface area contributed by atoms with Crippen LogP contribution in [0.3, 0.4) is 0 Å². The van der Waals surface area contributed by atoms with Crippen LogP contribution in [0.15, 0.2) is 0 Å². The van der Waals surface area contributed by atoms with Crippen molar-refractivity contribution in [2.24, 2.45) is 5.73 Å². The number of carbonyl (C=O) groups excluding carboxylic acids is 1. The largest absolute Gasteiger partial charge is 0.374 e. The van der Waals surface area contributed by atoms with Crippen molar-refractivity contribution >= 4 is 18.3 Å². The van der Waals surface area contributed by atoms with Gasteiger partial charge in [-0.15, -0.1) is 12.4 Å². The van der Waals surface area contributed by atoms with Crippen LogP contribution < -0.4 is 11.1 Å². The number of ether oxygens (including phenoxy) is 1. The molecule has 0 radical (unpaired) electrons. The van der Waals surface area contributed by atoms with E-state index in [-0.39, 0.29) is 24.4 Å². The molecule has 1 aliphatic heterocycles. The molecule has 18 heavy (non-hydrogen) atoms. The van der Waals surface area contributed by atoms with Gasteiger partial charge in [0.25, 0.3) is 0 Å². The lowest BCUT2D eigenvalue weighted by atomic mass is 9.96. The maximum absolute atomic E-state index is 11.9. The Balaban J connectivity index is 0.00000289. The van der Waals surface area contributed by atoms with Crippen molar-refractivity contribution in [1.82, 2.24) is 10.2 Å². The predicted molar refractivity (Wildman–Crippen MR) is 75.0 cm³/mol. The average Bonchev–Trinajstić information content (AvgIpc) is 2.26. The van der Waals surface area contributed by atoms with Crippen LogP contribution in [0.1, 0.15) is 26.7 Å². The average molecular weight is 280 g/mol. The Bertz CT molecular complexity index is 262. The van der Waals surface area contributed by atoms with Crippen molar-refractivity contribution in [3.05, 3.63) is 0 Å². The second-order valence-corrected chi connectivity index (χ2v) is 5.13. The molecule has 6 heteroatoms. The molecular formula is C12H26ClN3O2. The van der Waals surface area contributed by atoms with E-state index in [4.69, 9.17) is 10.5 Å². The number of likely N-dealkylation sites (N-methyl/N-ethyl adjacent to an activating group) is 1. The van der Waals surface area contributed by atoms with Crippen LogP contribution in [-0.4, -0.2) is 55.7 Å². The summed E-state index contributed by atoms with van der Waals surface area (Å²) < 4.78 is 5.57. The van der Waals surface area contributed by atoms with Crippen LogP contribution in [0.2, 0.25) is 0 Å². The first-order valence-corrected chi connectivity index (χ1v) is 6.33. The molecule has 0 aromatic carbocycles. The number of carbonyl (C=O) groups is 1.